The Morgan fingerprint density at radius 2 is 2.12 bits per heavy atom. The van der Waals surface area contributed by atoms with Gasteiger partial charge in [0.25, 0.3) is 0 Å². The van der Waals surface area contributed by atoms with Crippen LogP contribution in [0.2, 0.25) is 18.1 Å². The molecule has 0 fully saturated rings. The van der Waals surface area contributed by atoms with Gasteiger partial charge in [-0.15, -0.1) is 0 Å². The zero-order chi connectivity index (χ0) is 18.4. The third-order valence-corrected chi connectivity index (χ3v) is 9.33. The van der Waals surface area contributed by atoms with E-state index in [9.17, 15) is 4.79 Å². The minimum atomic E-state index is -1.88. The Morgan fingerprint density at radius 3 is 2.67 bits per heavy atom. The van der Waals surface area contributed by atoms with Crippen molar-refractivity contribution in [3.05, 3.63) is 11.6 Å². The molecule has 24 heavy (non-hydrogen) atoms. The van der Waals surface area contributed by atoms with Crippen LogP contribution in [0.4, 0.5) is 0 Å². The van der Waals surface area contributed by atoms with Crippen molar-refractivity contribution in [1.29, 1.82) is 0 Å². The predicted molar refractivity (Wildman–Crippen MR) is 100 cm³/mol. The lowest BCUT2D eigenvalue weighted by Crippen LogP contribution is -2.53. The summed E-state index contributed by atoms with van der Waals surface area (Å²) in [6.45, 7) is 14.8. The number of rotatable bonds is 9. The van der Waals surface area contributed by atoms with E-state index in [1.54, 1.807) is 0 Å². The van der Waals surface area contributed by atoms with Gasteiger partial charge in [0.1, 0.15) is 6.04 Å². The molecule has 4 N–H and O–H groups in total. The lowest BCUT2D eigenvalue weighted by molar-refractivity contribution is -0.119. The van der Waals surface area contributed by atoms with Crippen molar-refractivity contribution in [3.8, 4) is 0 Å². The second-order valence-corrected chi connectivity index (χ2v) is 12.8. The molecule has 0 saturated carbocycles. The number of nitrogens with one attached hydrogen (secondary N) is 2. The Morgan fingerprint density at radius 1 is 1.46 bits per heavy atom. The van der Waals surface area contributed by atoms with Crippen molar-refractivity contribution >= 4 is 14.2 Å². The molecule has 7 heteroatoms. The lowest BCUT2D eigenvalue weighted by Gasteiger charge is -2.37. The van der Waals surface area contributed by atoms with Crippen LogP contribution in [0.15, 0.2) is 11.6 Å². The van der Waals surface area contributed by atoms with E-state index in [0.717, 1.165) is 18.4 Å². The largest absolute Gasteiger partial charge is 0.413 e. The highest BCUT2D eigenvalue weighted by Gasteiger charge is 2.38. The van der Waals surface area contributed by atoms with Crippen molar-refractivity contribution < 1.29 is 14.1 Å². The van der Waals surface area contributed by atoms with Crippen molar-refractivity contribution in [2.75, 3.05) is 19.8 Å². The van der Waals surface area contributed by atoms with Crippen LogP contribution in [-0.2, 0) is 14.1 Å². The Bertz CT molecular complexity index is 447. The van der Waals surface area contributed by atoms with Gasteiger partial charge in [-0.3, -0.25) is 4.79 Å². The van der Waals surface area contributed by atoms with Crippen LogP contribution in [-0.4, -0.2) is 46.1 Å². The highest BCUT2D eigenvalue weighted by atomic mass is 28.4. The molecular weight excluding hydrogens is 322 g/mol. The fraction of sp³-hybridized carbons (Fsp3) is 0.824. The summed E-state index contributed by atoms with van der Waals surface area (Å²) in [6.07, 6.45) is 4.13. The molecule has 1 aliphatic rings. The van der Waals surface area contributed by atoms with Gasteiger partial charge in [-0.05, 0) is 30.1 Å². The zero-order valence-corrected chi connectivity index (χ0v) is 17.1. The molecule has 0 spiro atoms. The summed E-state index contributed by atoms with van der Waals surface area (Å²) >= 11 is 0. The molecule has 0 bridgehead atoms. The Labute approximate surface area is 147 Å². The first kappa shape index (κ1) is 21.3. The molecule has 0 aliphatic carbocycles. The molecule has 1 unspecified atom stereocenters. The summed E-state index contributed by atoms with van der Waals surface area (Å²) in [5.41, 5.74) is 9.45. The molecule has 2 atom stereocenters. The number of nitrogens with two attached hydrogens (primary N) is 1. The Kier molecular flexibility index (Phi) is 8.08. The smallest absolute Gasteiger partial charge is 0.238 e. The van der Waals surface area contributed by atoms with Crippen LogP contribution in [0.25, 0.3) is 0 Å². The number of hydroxylamine groups is 1. The first-order valence-electron chi connectivity index (χ1n) is 8.83. The van der Waals surface area contributed by atoms with Crippen LogP contribution < -0.4 is 16.5 Å². The van der Waals surface area contributed by atoms with E-state index >= 15 is 0 Å². The van der Waals surface area contributed by atoms with Crippen LogP contribution in [0.3, 0.4) is 0 Å². The Balaban J connectivity index is 2.72. The number of amides is 1. The zero-order valence-electron chi connectivity index (χ0n) is 16.1. The lowest BCUT2D eigenvalue weighted by atomic mass is 10.00. The van der Waals surface area contributed by atoms with Gasteiger partial charge in [0, 0.05) is 6.54 Å². The fourth-order valence-corrected chi connectivity index (χ4v) is 3.10. The average Bonchev–Trinajstić information content (AvgIpc) is 2.48. The third kappa shape index (κ3) is 6.29. The van der Waals surface area contributed by atoms with E-state index in [1.165, 1.54) is 0 Å². The molecule has 140 valence electrons. The number of unbranched alkanes of at least 4 members (excludes halogenated alkanes) is 1. The molecule has 0 radical (unpaired) electrons. The summed E-state index contributed by atoms with van der Waals surface area (Å²) in [5, 5.41) is 3.31. The minimum absolute atomic E-state index is 0.00970. The number of primary amides is 1. The van der Waals surface area contributed by atoms with Gasteiger partial charge in [0.15, 0.2) is 8.32 Å². The number of hydrogen-bond donors (Lipinski definition) is 3. The van der Waals surface area contributed by atoms with Gasteiger partial charge in [-0.2, -0.15) is 5.48 Å². The van der Waals surface area contributed by atoms with Crippen molar-refractivity contribution in [2.24, 2.45) is 5.73 Å². The van der Waals surface area contributed by atoms with E-state index in [-0.39, 0.29) is 17.0 Å². The summed E-state index contributed by atoms with van der Waals surface area (Å²) < 4.78 is 6.26. The van der Waals surface area contributed by atoms with Gasteiger partial charge in [0.05, 0.1) is 19.3 Å². The van der Waals surface area contributed by atoms with Crippen molar-refractivity contribution in [1.82, 2.24) is 10.8 Å². The molecule has 1 rings (SSSR count). The van der Waals surface area contributed by atoms with Gasteiger partial charge in [0.2, 0.25) is 5.91 Å². The SMILES string of the molecule is CCCCON[C@@H]1C=C(CO[Si](C)(C)C(C)(C)C)C(C(N)=O)NC1. The maximum atomic E-state index is 11.7. The fourth-order valence-electron chi connectivity index (χ4n) is 2.14. The van der Waals surface area contributed by atoms with E-state index in [0.29, 0.717) is 19.8 Å². The van der Waals surface area contributed by atoms with Gasteiger partial charge >= 0.3 is 0 Å². The monoisotopic (exact) mass is 357 g/mol. The van der Waals surface area contributed by atoms with E-state index in [4.69, 9.17) is 15.0 Å². The number of hydrogen-bond acceptors (Lipinski definition) is 5. The van der Waals surface area contributed by atoms with Crippen LogP contribution in [0.5, 0.6) is 0 Å². The first-order chi connectivity index (χ1) is 11.1. The molecule has 0 aromatic rings. The Hall–Kier alpha value is -0.733. The van der Waals surface area contributed by atoms with Crippen LogP contribution in [0.1, 0.15) is 40.5 Å². The molecule has 1 heterocycles. The van der Waals surface area contributed by atoms with Crippen molar-refractivity contribution in [3.63, 3.8) is 0 Å². The number of carbonyl (C=O) groups is 1. The van der Waals surface area contributed by atoms with E-state index in [2.05, 4.69) is 51.6 Å². The second-order valence-electron chi connectivity index (χ2n) is 7.96. The predicted octanol–water partition coefficient (Wildman–Crippen LogP) is 2.08. The highest BCUT2D eigenvalue weighted by Crippen LogP contribution is 2.36. The summed E-state index contributed by atoms with van der Waals surface area (Å²) in [6, 6.07) is -0.459. The maximum absolute atomic E-state index is 11.7. The standard InChI is InChI=1S/C17H35N3O3Si/c1-7-8-9-22-20-14-10-13(15(16(18)21)19-11-14)12-23-24(5,6)17(2,3)4/h10,14-15,19-20H,7-9,11-12H2,1-6H3,(H2,18,21)/t14-,15?/m1/s1. The van der Waals surface area contributed by atoms with Crippen molar-refractivity contribution in [2.45, 2.75) is 70.8 Å². The van der Waals surface area contributed by atoms with Crippen LogP contribution in [0, 0.1) is 0 Å². The molecule has 0 saturated heterocycles. The summed E-state index contributed by atoms with van der Waals surface area (Å²) in [7, 11) is -1.88. The molecular formula is C17H35N3O3Si. The minimum Gasteiger partial charge on any atom is -0.413 e. The summed E-state index contributed by atoms with van der Waals surface area (Å²) in [4.78, 5) is 17.2. The summed E-state index contributed by atoms with van der Waals surface area (Å²) in [5.74, 6) is -0.370. The highest BCUT2D eigenvalue weighted by molar-refractivity contribution is 6.74. The maximum Gasteiger partial charge on any atom is 0.238 e. The quantitative estimate of drug-likeness (QED) is 0.255. The molecule has 1 aliphatic heterocycles. The third-order valence-electron chi connectivity index (χ3n) is 4.85. The molecule has 0 aromatic carbocycles. The average molecular weight is 358 g/mol. The molecule has 1 amide bonds. The molecule has 0 aromatic heterocycles. The van der Waals surface area contributed by atoms with Crippen LogP contribution >= 0.6 is 0 Å². The van der Waals surface area contributed by atoms with E-state index in [1.807, 2.05) is 6.08 Å². The second kappa shape index (κ2) is 9.10. The van der Waals surface area contributed by atoms with Gasteiger partial charge < -0.3 is 20.3 Å². The normalized spacial score (nSPS) is 22.3. The van der Waals surface area contributed by atoms with E-state index < -0.39 is 14.4 Å². The topological polar surface area (TPSA) is 85.6 Å². The van der Waals surface area contributed by atoms with Gasteiger partial charge in [-0.1, -0.05) is 40.2 Å². The first-order valence-corrected chi connectivity index (χ1v) is 11.7. The molecule has 6 nitrogen and oxygen atoms in total. The van der Waals surface area contributed by atoms with Gasteiger partial charge in [-0.25, -0.2) is 0 Å². The number of carbonyl (C=O) groups excluding carboxylic acids is 1.